The number of amides is 1. The van der Waals surface area contributed by atoms with Gasteiger partial charge in [-0.3, -0.25) is 9.59 Å². The van der Waals surface area contributed by atoms with Crippen molar-refractivity contribution >= 4 is 25.5 Å². The lowest BCUT2D eigenvalue weighted by Crippen LogP contribution is -2.42. The predicted molar refractivity (Wildman–Crippen MR) is 116 cm³/mol. The van der Waals surface area contributed by atoms with E-state index < -0.39 is 37.6 Å². The van der Waals surface area contributed by atoms with Gasteiger partial charge in [0, 0.05) is 12.6 Å². The minimum atomic E-state index is -1.05. The molecule has 170 valence electrons. The van der Waals surface area contributed by atoms with Gasteiger partial charge in [-0.05, 0) is 30.0 Å². The molecule has 8 N–H and O–H groups in total. The second-order valence-electron chi connectivity index (χ2n) is 6.85. The van der Waals surface area contributed by atoms with Crippen LogP contribution in [0.25, 0.3) is 0 Å². The number of nitrogens with two attached hydrogens (primary N) is 1. The minimum absolute atomic E-state index is 0.253. The molecule has 2 aromatic rings. The van der Waals surface area contributed by atoms with Gasteiger partial charge in [0.15, 0.2) is 0 Å². The van der Waals surface area contributed by atoms with E-state index in [4.69, 9.17) is 26.0 Å². The van der Waals surface area contributed by atoms with Crippen LogP contribution in [-0.4, -0.2) is 62.9 Å². The molecular formula is C20H30BN3O7. The number of carboxylic acids is 2. The van der Waals surface area contributed by atoms with Crippen LogP contribution < -0.4 is 11.1 Å². The molecule has 10 nitrogen and oxygen atoms in total. The first-order valence-electron chi connectivity index (χ1n) is 9.53. The van der Waals surface area contributed by atoms with Crippen molar-refractivity contribution < 1.29 is 34.6 Å². The van der Waals surface area contributed by atoms with Crippen molar-refractivity contribution in [1.29, 1.82) is 0 Å². The van der Waals surface area contributed by atoms with Crippen LogP contribution in [0.1, 0.15) is 36.3 Å². The molecule has 0 bridgehead atoms. The molecule has 0 aliphatic carbocycles. The average Bonchev–Trinajstić information content (AvgIpc) is 3.24. The molecule has 0 saturated carbocycles. The van der Waals surface area contributed by atoms with Crippen molar-refractivity contribution in [3.8, 4) is 0 Å². The van der Waals surface area contributed by atoms with Gasteiger partial charge in [-0.1, -0.05) is 44.2 Å². The SMILES string of the molecule is CC(C)C[C@H](N)C(=O)O.O=C(N[C@@H](Cc1ccccc1)C(=O)O)c1ccc[nH]1.OBO. The Kier molecular flexibility index (Phi) is 14.1. The fourth-order valence-electron chi connectivity index (χ4n) is 2.37. The summed E-state index contributed by atoms with van der Waals surface area (Å²) in [6.45, 7) is 3.89. The number of benzene rings is 1. The highest BCUT2D eigenvalue weighted by Gasteiger charge is 2.21. The van der Waals surface area contributed by atoms with Gasteiger partial charge in [-0.25, -0.2) is 4.79 Å². The number of hydrogen-bond acceptors (Lipinski definition) is 6. The number of H-pyrrole nitrogens is 1. The fourth-order valence-corrected chi connectivity index (χ4v) is 2.37. The van der Waals surface area contributed by atoms with Gasteiger partial charge in [0.2, 0.25) is 0 Å². The van der Waals surface area contributed by atoms with Gasteiger partial charge >= 0.3 is 19.6 Å². The van der Waals surface area contributed by atoms with Crippen LogP contribution in [0.15, 0.2) is 48.7 Å². The Morgan fingerprint density at radius 2 is 1.61 bits per heavy atom. The number of nitrogens with one attached hydrogen (secondary N) is 2. The lowest BCUT2D eigenvalue weighted by molar-refractivity contribution is -0.140. The van der Waals surface area contributed by atoms with Gasteiger partial charge in [0.05, 0.1) is 0 Å². The van der Waals surface area contributed by atoms with E-state index in [-0.39, 0.29) is 6.42 Å². The maximum atomic E-state index is 11.8. The van der Waals surface area contributed by atoms with E-state index in [1.54, 1.807) is 18.3 Å². The second kappa shape index (κ2) is 15.7. The highest BCUT2D eigenvalue weighted by molar-refractivity contribution is 6.13. The van der Waals surface area contributed by atoms with E-state index in [1.165, 1.54) is 0 Å². The van der Waals surface area contributed by atoms with Crippen molar-refractivity contribution in [1.82, 2.24) is 10.3 Å². The normalized spacial score (nSPS) is 11.7. The fraction of sp³-hybridized carbons (Fsp3) is 0.350. The average molecular weight is 435 g/mol. The van der Waals surface area contributed by atoms with E-state index in [0.717, 1.165) is 5.56 Å². The molecule has 0 radical (unpaired) electrons. The topological polar surface area (TPSA) is 186 Å². The summed E-state index contributed by atoms with van der Waals surface area (Å²) in [5, 5.41) is 34.2. The monoisotopic (exact) mass is 435 g/mol. The minimum Gasteiger partial charge on any atom is -0.480 e. The number of aromatic nitrogens is 1. The third-order valence-corrected chi connectivity index (χ3v) is 3.77. The standard InChI is InChI=1S/C14H14N2O3.C6H13NO2.BH3O2/c17-13(11-7-4-8-15-11)16-12(14(18)19)9-10-5-2-1-3-6-10;1-4(2)3-5(7)6(8)9;2-1-3/h1-8,12,15H,9H2,(H,16,17)(H,18,19);4-5H,3,7H2,1-2H3,(H,8,9);1-3H/t12-;5-;/m00./s1. The van der Waals surface area contributed by atoms with Crippen molar-refractivity contribution in [2.75, 3.05) is 0 Å². The zero-order valence-corrected chi connectivity index (χ0v) is 17.6. The second-order valence-corrected chi connectivity index (χ2v) is 6.85. The van der Waals surface area contributed by atoms with Gasteiger partial charge < -0.3 is 36.3 Å². The Morgan fingerprint density at radius 3 is 2.00 bits per heavy atom. The van der Waals surface area contributed by atoms with Crippen molar-refractivity contribution in [3.63, 3.8) is 0 Å². The van der Waals surface area contributed by atoms with E-state index >= 15 is 0 Å². The number of carbonyl (C=O) groups excluding carboxylic acids is 1. The van der Waals surface area contributed by atoms with Crippen molar-refractivity contribution in [2.45, 2.75) is 38.8 Å². The van der Waals surface area contributed by atoms with E-state index in [0.29, 0.717) is 18.0 Å². The molecule has 0 spiro atoms. The number of carboxylic acid groups (broad SMARTS) is 2. The molecule has 31 heavy (non-hydrogen) atoms. The van der Waals surface area contributed by atoms with E-state index in [1.807, 2.05) is 44.2 Å². The molecular weight excluding hydrogens is 405 g/mol. The van der Waals surface area contributed by atoms with Crippen molar-refractivity contribution in [3.05, 3.63) is 59.9 Å². The maximum Gasteiger partial charge on any atom is 0.432 e. The number of aliphatic carboxylic acids is 2. The molecule has 0 fully saturated rings. The lowest BCUT2D eigenvalue weighted by Gasteiger charge is -2.14. The summed E-state index contributed by atoms with van der Waals surface area (Å²) in [4.78, 5) is 35.8. The maximum absolute atomic E-state index is 11.8. The number of rotatable bonds is 8. The van der Waals surface area contributed by atoms with Crippen LogP contribution >= 0.6 is 0 Å². The third kappa shape index (κ3) is 12.9. The van der Waals surface area contributed by atoms with Gasteiger partial charge in [-0.15, -0.1) is 0 Å². The molecule has 2 atom stereocenters. The Balaban J connectivity index is 0.000000631. The molecule has 0 saturated heterocycles. The first-order chi connectivity index (χ1) is 14.6. The molecule has 1 aromatic heterocycles. The summed E-state index contributed by atoms with van der Waals surface area (Å²) >= 11 is 0. The van der Waals surface area contributed by atoms with E-state index in [2.05, 4.69) is 10.3 Å². The van der Waals surface area contributed by atoms with Crippen LogP contribution in [-0.2, 0) is 16.0 Å². The third-order valence-electron chi connectivity index (χ3n) is 3.77. The summed E-state index contributed by atoms with van der Waals surface area (Å²) in [5.41, 5.74) is 6.43. The lowest BCUT2D eigenvalue weighted by atomic mass is 10.1. The Morgan fingerprint density at radius 1 is 1.03 bits per heavy atom. The number of carbonyl (C=O) groups is 3. The molecule has 2 rings (SSSR count). The quantitative estimate of drug-likeness (QED) is 0.285. The van der Waals surface area contributed by atoms with Gasteiger partial charge in [0.25, 0.3) is 5.91 Å². The molecule has 11 heteroatoms. The molecule has 0 aliphatic rings. The van der Waals surface area contributed by atoms with Crippen LogP contribution in [0.3, 0.4) is 0 Å². The molecule has 0 aliphatic heterocycles. The Hall–Kier alpha value is -3.15. The van der Waals surface area contributed by atoms with Crippen LogP contribution in [0.2, 0.25) is 0 Å². The smallest absolute Gasteiger partial charge is 0.432 e. The molecule has 0 unspecified atom stereocenters. The summed E-state index contributed by atoms with van der Waals surface area (Å²) in [5.74, 6) is -2.03. The first kappa shape index (κ1) is 27.9. The van der Waals surface area contributed by atoms with E-state index in [9.17, 15) is 14.4 Å². The van der Waals surface area contributed by atoms with Crippen LogP contribution in [0.4, 0.5) is 0 Å². The number of hydrogen-bond donors (Lipinski definition) is 7. The Bertz CT molecular complexity index is 770. The largest absolute Gasteiger partial charge is 0.480 e. The Labute approximate surface area is 181 Å². The van der Waals surface area contributed by atoms with Gasteiger partial charge in [-0.2, -0.15) is 0 Å². The summed E-state index contributed by atoms with van der Waals surface area (Å²) in [6.07, 6.45) is 2.42. The highest BCUT2D eigenvalue weighted by Crippen LogP contribution is 2.05. The zero-order valence-electron chi connectivity index (χ0n) is 17.6. The summed E-state index contributed by atoms with van der Waals surface area (Å²) in [7, 11) is -0.750. The van der Waals surface area contributed by atoms with Crippen LogP contribution in [0.5, 0.6) is 0 Å². The van der Waals surface area contributed by atoms with Crippen molar-refractivity contribution in [2.24, 2.45) is 11.7 Å². The number of aromatic amines is 1. The first-order valence-corrected chi connectivity index (χ1v) is 9.53. The predicted octanol–water partition coefficient (Wildman–Crippen LogP) is 0.122. The molecule has 1 heterocycles. The highest BCUT2D eigenvalue weighted by atomic mass is 16.4. The summed E-state index contributed by atoms with van der Waals surface area (Å²) in [6, 6.07) is 10.8. The zero-order chi connectivity index (χ0) is 23.8. The molecule has 1 amide bonds. The molecule has 1 aromatic carbocycles. The van der Waals surface area contributed by atoms with Crippen LogP contribution in [0, 0.1) is 5.92 Å². The summed E-state index contributed by atoms with van der Waals surface area (Å²) < 4.78 is 0. The van der Waals surface area contributed by atoms with Gasteiger partial charge in [0.1, 0.15) is 17.8 Å².